The maximum absolute atomic E-state index is 13.6. The van der Waals surface area contributed by atoms with E-state index >= 15 is 0 Å². The molecule has 0 aromatic heterocycles. The molecule has 1 rings (SSSR count). The number of carbonyl (C=O) groups is 1. The highest BCUT2D eigenvalue weighted by Crippen LogP contribution is 2.19. The van der Waals surface area contributed by atoms with Crippen LogP contribution in [-0.4, -0.2) is 11.8 Å². The maximum Gasteiger partial charge on any atom is 0.182 e. The van der Waals surface area contributed by atoms with Crippen LogP contribution in [0, 0.1) is 24.5 Å². The van der Waals surface area contributed by atoms with Gasteiger partial charge in [0, 0.05) is 0 Å². The fourth-order valence-electron chi connectivity index (χ4n) is 1.53. The average Bonchev–Trinajstić information content (AvgIpc) is 2.33. The van der Waals surface area contributed by atoms with Gasteiger partial charge in [0.15, 0.2) is 17.4 Å². The second-order valence-electron chi connectivity index (χ2n) is 4.33. The largest absolute Gasteiger partial charge is 0.321 e. The molecule has 0 aliphatic carbocycles. The van der Waals surface area contributed by atoms with Gasteiger partial charge >= 0.3 is 0 Å². The predicted molar refractivity (Wildman–Crippen MR) is 62.9 cm³/mol. The van der Waals surface area contributed by atoms with E-state index in [9.17, 15) is 13.6 Å². The van der Waals surface area contributed by atoms with E-state index in [4.69, 9.17) is 5.73 Å². The summed E-state index contributed by atoms with van der Waals surface area (Å²) in [5.41, 5.74) is 5.64. The molecule has 0 saturated heterocycles. The Balaban J connectivity index is 3.09. The molecular formula is C13H17F2NO. The number of Topliss-reactive ketones (excluding diaryl/α,β-unsaturated/α-hetero) is 1. The minimum atomic E-state index is -1.10. The van der Waals surface area contributed by atoms with Crippen LogP contribution in [0.5, 0.6) is 0 Å². The molecule has 1 aromatic rings. The molecule has 0 aliphatic rings. The molecule has 0 spiro atoms. The Morgan fingerprint density at radius 2 is 1.94 bits per heavy atom. The molecule has 2 atom stereocenters. The van der Waals surface area contributed by atoms with Crippen LogP contribution in [0.15, 0.2) is 12.1 Å². The van der Waals surface area contributed by atoms with Crippen LogP contribution in [0.1, 0.15) is 36.2 Å². The molecule has 0 aliphatic heterocycles. The monoisotopic (exact) mass is 241 g/mol. The first-order valence-corrected chi connectivity index (χ1v) is 5.64. The summed E-state index contributed by atoms with van der Waals surface area (Å²) >= 11 is 0. The zero-order valence-corrected chi connectivity index (χ0v) is 10.3. The minimum absolute atomic E-state index is 0.0636. The van der Waals surface area contributed by atoms with Crippen LogP contribution < -0.4 is 5.73 Å². The van der Waals surface area contributed by atoms with Crippen molar-refractivity contribution in [2.24, 2.45) is 11.7 Å². The Kier molecular flexibility index (Phi) is 4.34. The first-order chi connectivity index (χ1) is 7.90. The summed E-state index contributed by atoms with van der Waals surface area (Å²) in [7, 11) is 0. The number of rotatable bonds is 4. The number of aryl methyl sites for hydroxylation is 1. The molecule has 4 heteroatoms. The van der Waals surface area contributed by atoms with E-state index in [1.807, 2.05) is 13.8 Å². The highest BCUT2D eigenvalue weighted by molar-refractivity contribution is 6.00. The highest BCUT2D eigenvalue weighted by atomic mass is 19.2. The van der Waals surface area contributed by atoms with Crippen LogP contribution in [0.25, 0.3) is 0 Å². The third-order valence-electron chi connectivity index (χ3n) is 3.10. The first-order valence-electron chi connectivity index (χ1n) is 5.64. The number of benzene rings is 1. The summed E-state index contributed by atoms with van der Waals surface area (Å²) < 4.78 is 26.9. The lowest BCUT2D eigenvalue weighted by Gasteiger charge is -2.17. The Hall–Kier alpha value is -1.29. The van der Waals surface area contributed by atoms with Crippen molar-refractivity contribution in [3.05, 3.63) is 34.9 Å². The van der Waals surface area contributed by atoms with Gasteiger partial charge < -0.3 is 5.73 Å². The van der Waals surface area contributed by atoms with E-state index in [-0.39, 0.29) is 17.0 Å². The lowest BCUT2D eigenvalue weighted by atomic mass is 9.92. The summed E-state index contributed by atoms with van der Waals surface area (Å²) in [4.78, 5) is 11.9. The third-order valence-corrected chi connectivity index (χ3v) is 3.10. The smallest absolute Gasteiger partial charge is 0.182 e. The molecule has 94 valence electrons. The summed E-state index contributed by atoms with van der Waals surface area (Å²) in [6, 6.07) is 1.88. The van der Waals surface area contributed by atoms with Crippen molar-refractivity contribution in [2.75, 3.05) is 0 Å². The van der Waals surface area contributed by atoms with Crippen molar-refractivity contribution in [2.45, 2.75) is 33.2 Å². The van der Waals surface area contributed by atoms with Gasteiger partial charge in [-0.15, -0.1) is 0 Å². The molecule has 2 nitrogen and oxygen atoms in total. The molecule has 0 amide bonds. The van der Waals surface area contributed by atoms with Gasteiger partial charge in [-0.1, -0.05) is 26.3 Å². The molecule has 1 aromatic carbocycles. The van der Waals surface area contributed by atoms with E-state index in [2.05, 4.69) is 0 Å². The lowest BCUT2D eigenvalue weighted by Crippen LogP contribution is -2.37. The molecule has 2 unspecified atom stereocenters. The Morgan fingerprint density at radius 3 is 2.47 bits per heavy atom. The van der Waals surface area contributed by atoms with E-state index in [1.54, 1.807) is 0 Å². The Bertz CT molecular complexity index is 432. The van der Waals surface area contributed by atoms with Crippen LogP contribution in [0.2, 0.25) is 0 Å². The molecular weight excluding hydrogens is 224 g/mol. The van der Waals surface area contributed by atoms with Gasteiger partial charge in [0.1, 0.15) is 0 Å². The third kappa shape index (κ3) is 2.69. The van der Waals surface area contributed by atoms with Crippen LogP contribution >= 0.6 is 0 Å². The summed E-state index contributed by atoms with van der Waals surface area (Å²) in [5.74, 6) is -2.69. The summed E-state index contributed by atoms with van der Waals surface area (Å²) in [5, 5.41) is 0. The van der Waals surface area contributed by atoms with Crippen molar-refractivity contribution in [1.82, 2.24) is 0 Å². The standard InChI is InChI=1S/C13H17F2NO/c1-4-7(2)12(16)13(17)9-6-5-8(3)10(14)11(9)15/h5-7,12H,4,16H2,1-3H3. The normalized spacial score (nSPS) is 14.5. The van der Waals surface area contributed by atoms with Crippen molar-refractivity contribution >= 4 is 5.78 Å². The van der Waals surface area contributed by atoms with Crippen LogP contribution in [-0.2, 0) is 0 Å². The molecule has 0 bridgehead atoms. The Morgan fingerprint density at radius 1 is 1.35 bits per heavy atom. The van der Waals surface area contributed by atoms with Gasteiger partial charge in [-0.3, -0.25) is 4.79 Å². The van der Waals surface area contributed by atoms with Crippen molar-refractivity contribution in [3.8, 4) is 0 Å². The molecule has 0 radical (unpaired) electrons. The van der Waals surface area contributed by atoms with E-state index in [1.165, 1.54) is 19.1 Å². The van der Waals surface area contributed by atoms with Crippen LogP contribution in [0.3, 0.4) is 0 Å². The summed E-state index contributed by atoms with van der Waals surface area (Å²) in [6.07, 6.45) is 0.711. The van der Waals surface area contributed by atoms with E-state index in [0.717, 1.165) is 0 Å². The molecule has 2 N–H and O–H groups in total. The molecule has 0 heterocycles. The zero-order valence-electron chi connectivity index (χ0n) is 10.3. The average molecular weight is 241 g/mol. The molecule has 0 fully saturated rings. The van der Waals surface area contributed by atoms with Gasteiger partial charge in [-0.05, 0) is 24.5 Å². The number of carbonyl (C=O) groups excluding carboxylic acids is 1. The van der Waals surface area contributed by atoms with Crippen molar-refractivity contribution in [1.29, 1.82) is 0 Å². The SMILES string of the molecule is CCC(C)C(N)C(=O)c1ccc(C)c(F)c1F. The fourth-order valence-corrected chi connectivity index (χ4v) is 1.53. The van der Waals surface area contributed by atoms with Gasteiger partial charge in [0.25, 0.3) is 0 Å². The van der Waals surface area contributed by atoms with Crippen LogP contribution in [0.4, 0.5) is 8.78 Å². The minimum Gasteiger partial charge on any atom is -0.321 e. The fraction of sp³-hybridized carbons (Fsp3) is 0.462. The van der Waals surface area contributed by atoms with Crippen molar-refractivity contribution < 1.29 is 13.6 Å². The number of ketones is 1. The second-order valence-corrected chi connectivity index (χ2v) is 4.33. The molecule has 0 saturated carbocycles. The number of halogens is 2. The molecule has 17 heavy (non-hydrogen) atoms. The predicted octanol–water partition coefficient (Wildman–Crippen LogP) is 2.83. The quantitative estimate of drug-likeness (QED) is 0.824. The van der Waals surface area contributed by atoms with E-state index < -0.39 is 23.5 Å². The maximum atomic E-state index is 13.6. The Labute approximate surface area is 99.8 Å². The topological polar surface area (TPSA) is 43.1 Å². The summed E-state index contributed by atoms with van der Waals surface area (Å²) in [6.45, 7) is 5.15. The first kappa shape index (κ1) is 13.8. The lowest BCUT2D eigenvalue weighted by molar-refractivity contribution is 0.0930. The second kappa shape index (κ2) is 5.36. The number of hydrogen-bond acceptors (Lipinski definition) is 2. The van der Waals surface area contributed by atoms with E-state index in [0.29, 0.717) is 6.42 Å². The van der Waals surface area contributed by atoms with Gasteiger partial charge in [-0.25, -0.2) is 8.78 Å². The van der Waals surface area contributed by atoms with Crippen molar-refractivity contribution in [3.63, 3.8) is 0 Å². The van der Waals surface area contributed by atoms with Gasteiger partial charge in [-0.2, -0.15) is 0 Å². The van der Waals surface area contributed by atoms with Gasteiger partial charge in [0.05, 0.1) is 11.6 Å². The number of nitrogens with two attached hydrogens (primary N) is 1. The van der Waals surface area contributed by atoms with Gasteiger partial charge in [0.2, 0.25) is 0 Å². The number of hydrogen-bond donors (Lipinski definition) is 1. The highest BCUT2D eigenvalue weighted by Gasteiger charge is 2.25. The zero-order chi connectivity index (χ0) is 13.2.